The van der Waals surface area contributed by atoms with Crippen LogP contribution in [0.4, 0.5) is 17.6 Å². The Kier molecular flexibility index (Phi) is 3.79. The Morgan fingerprint density at radius 2 is 1.79 bits per heavy atom. The number of nitrogens with zero attached hydrogens (tertiary/aromatic N) is 3. The van der Waals surface area contributed by atoms with Crippen molar-refractivity contribution in [2.45, 2.75) is 19.8 Å². The summed E-state index contributed by atoms with van der Waals surface area (Å²) in [6.07, 6.45) is 0. The number of anilines is 3. The van der Waals surface area contributed by atoms with Gasteiger partial charge in [0.2, 0.25) is 11.9 Å². The van der Waals surface area contributed by atoms with Crippen molar-refractivity contribution in [2.75, 3.05) is 18.2 Å². The molecule has 0 radical (unpaired) electrons. The Hall–Kier alpha value is -2.37. The fourth-order valence-corrected chi connectivity index (χ4v) is 1.60. The second-order valence-electron chi connectivity index (χ2n) is 4.41. The van der Waals surface area contributed by atoms with Crippen LogP contribution in [0.1, 0.15) is 25.3 Å². The van der Waals surface area contributed by atoms with Gasteiger partial charge in [-0.2, -0.15) is 15.0 Å². The van der Waals surface area contributed by atoms with Crippen LogP contribution >= 0.6 is 0 Å². The molecule has 0 saturated carbocycles. The van der Waals surface area contributed by atoms with Gasteiger partial charge in [0.1, 0.15) is 0 Å². The van der Waals surface area contributed by atoms with Gasteiger partial charge in [-0.3, -0.25) is 0 Å². The van der Waals surface area contributed by atoms with Gasteiger partial charge in [0.05, 0.1) is 7.11 Å². The minimum Gasteiger partial charge on any atom is -0.467 e. The average Bonchev–Trinajstić information content (AvgIpc) is 2.38. The van der Waals surface area contributed by atoms with E-state index in [1.807, 2.05) is 12.1 Å². The minimum atomic E-state index is 0.119. The van der Waals surface area contributed by atoms with E-state index in [1.165, 1.54) is 12.7 Å². The Morgan fingerprint density at radius 1 is 1.11 bits per heavy atom. The molecule has 0 aliphatic heterocycles. The van der Waals surface area contributed by atoms with Crippen LogP contribution < -0.4 is 15.8 Å². The molecule has 0 atom stereocenters. The zero-order valence-corrected chi connectivity index (χ0v) is 11.2. The lowest BCUT2D eigenvalue weighted by molar-refractivity contribution is 0.380. The van der Waals surface area contributed by atoms with E-state index in [0.717, 1.165) is 5.69 Å². The fourth-order valence-electron chi connectivity index (χ4n) is 1.60. The first kappa shape index (κ1) is 13.1. The van der Waals surface area contributed by atoms with Crippen LogP contribution in [-0.2, 0) is 0 Å². The van der Waals surface area contributed by atoms with Crippen molar-refractivity contribution in [1.82, 2.24) is 15.0 Å². The molecule has 0 amide bonds. The van der Waals surface area contributed by atoms with Gasteiger partial charge < -0.3 is 15.8 Å². The molecule has 3 N–H and O–H groups in total. The first-order chi connectivity index (χ1) is 9.08. The summed E-state index contributed by atoms with van der Waals surface area (Å²) >= 11 is 0. The second-order valence-corrected chi connectivity index (χ2v) is 4.41. The van der Waals surface area contributed by atoms with Gasteiger partial charge >= 0.3 is 6.01 Å². The van der Waals surface area contributed by atoms with Crippen molar-refractivity contribution >= 4 is 17.6 Å². The highest BCUT2D eigenvalue weighted by atomic mass is 16.5. The van der Waals surface area contributed by atoms with E-state index in [1.54, 1.807) is 0 Å². The zero-order chi connectivity index (χ0) is 13.8. The van der Waals surface area contributed by atoms with Gasteiger partial charge in [0.15, 0.2) is 0 Å². The molecule has 0 aliphatic carbocycles. The van der Waals surface area contributed by atoms with Gasteiger partial charge in [-0.25, -0.2) is 0 Å². The first-order valence-corrected chi connectivity index (χ1v) is 6.01. The van der Waals surface area contributed by atoms with Gasteiger partial charge in [0.25, 0.3) is 0 Å². The van der Waals surface area contributed by atoms with Crippen molar-refractivity contribution < 1.29 is 4.74 Å². The van der Waals surface area contributed by atoms with E-state index in [9.17, 15) is 0 Å². The monoisotopic (exact) mass is 259 g/mol. The van der Waals surface area contributed by atoms with Crippen LogP contribution in [0.5, 0.6) is 6.01 Å². The molecule has 2 rings (SSSR count). The maximum Gasteiger partial charge on any atom is 0.322 e. The molecule has 0 fully saturated rings. The topological polar surface area (TPSA) is 86.0 Å². The Balaban J connectivity index is 2.18. The summed E-state index contributed by atoms with van der Waals surface area (Å²) in [5.41, 5.74) is 7.73. The number of nitrogens with one attached hydrogen (secondary N) is 1. The number of aromatic nitrogens is 3. The van der Waals surface area contributed by atoms with Crippen molar-refractivity contribution in [3.05, 3.63) is 29.8 Å². The van der Waals surface area contributed by atoms with Crippen molar-refractivity contribution in [3.8, 4) is 6.01 Å². The maximum atomic E-state index is 5.57. The van der Waals surface area contributed by atoms with E-state index in [-0.39, 0.29) is 12.0 Å². The van der Waals surface area contributed by atoms with E-state index < -0.39 is 0 Å². The van der Waals surface area contributed by atoms with Gasteiger partial charge in [-0.15, -0.1) is 0 Å². The number of hydrogen-bond donors (Lipinski definition) is 2. The molecule has 0 aliphatic rings. The summed E-state index contributed by atoms with van der Waals surface area (Å²) in [6, 6.07) is 8.27. The molecule has 6 heteroatoms. The fraction of sp³-hybridized carbons (Fsp3) is 0.308. The summed E-state index contributed by atoms with van der Waals surface area (Å²) in [4.78, 5) is 11.9. The molecule has 19 heavy (non-hydrogen) atoms. The SMILES string of the molecule is COc1nc(N)nc(Nc2ccc(C(C)C)cc2)n1. The highest BCUT2D eigenvalue weighted by molar-refractivity contribution is 5.54. The largest absolute Gasteiger partial charge is 0.467 e. The van der Waals surface area contributed by atoms with Crippen molar-refractivity contribution in [2.24, 2.45) is 0 Å². The molecule has 6 nitrogen and oxygen atoms in total. The predicted molar refractivity (Wildman–Crippen MR) is 74.6 cm³/mol. The minimum absolute atomic E-state index is 0.119. The quantitative estimate of drug-likeness (QED) is 0.876. The molecule has 100 valence electrons. The van der Waals surface area contributed by atoms with E-state index in [0.29, 0.717) is 11.9 Å². The summed E-state index contributed by atoms with van der Waals surface area (Å²) in [5.74, 6) is 0.983. The number of methoxy groups -OCH3 is 1. The Labute approximate surface area is 112 Å². The lowest BCUT2D eigenvalue weighted by Crippen LogP contribution is -2.05. The summed E-state index contributed by atoms with van der Waals surface area (Å²) in [5, 5.41) is 3.06. The van der Waals surface area contributed by atoms with E-state index in [4.69, 9.17) is 10.5 Å². The molecule has 0 saturated heterocycles. The maximum absolute atomic E-state index is 5.57. The standard InChI is InChI=1S/C13H17N5O/c1-8(2)9-4-6-10(7-5-9)15-12-16-11(14)17-13(18-12)19-3/h4-8H,1-3H3,(H3,14,15,16,17,18). The van der Waals surface area contributed by atoms with Crippen molar-refractivity contribution in [1.29, 1.82) is 0 Å². The second kappa shape index (κ2) is 5.51. The van der Waals surface area contributed by atoms with Crippen LogP contribution in [0.2, 0.25) is 0 Å². The molecular formula is C13H17N5O. The molecular weight excluding hydrogens is 242 g/mol. The summed E-state index contributed by atoms with van der Waals surface area (Å²) in [7, 11) is 1.48. The van der Waals surface area contributed by atoms with E-state index >= 15 is 0 Å². The molecule has 1 aromatic heterocycles. The third-order valence-corrected chi connectivity index (χ3v) is 2.65. The lowest BCUT2D eigenvalue weighted by Gasteiger charge is -2.09. The molecule has 1 heterocycles. The molecule has 0 spiro atoms. The first-order valence-electron chi connectivity index (χ1n) is 6.01. The number of benzene rings is 1. The third-order valence-electron chi connectivity index (χ3n) is 2.65. The van der Waals surface area contributed by atoms with Gasteiger partial charge in [0, 0.05) is 5.69 Å². The number of nitrogen functional groups attached to an aromatic ring is 1. The highest BCUT2D eigenvalue weighted by Gasteiger charge is 2.05. The van der Waals surface area contributed by atoms with Crippen molar-refractivity contribution in [3.63, 3.8) is 0 Å². The zero-order valence-electron chi connectivity index (χ0n) is 11.2. The highest BCUT2D eigenvalue weighted by Crippen LogP contribution is 2.19. The Morgan fingerprint density at radius 3 is 2.37 bits per heavy atom. The summed E-state index contributed by atoms with van der Waals surface area (Å²) in [6.45, 7) is 4.31. The summed E-state index contributed by atoms with van der Waals surface area (Å²) < 4.78 is 4.94. The van der Waals surface area contributed by atoms with Crippen LogP contribution in [0, 0.1) is 0 Å². The normalized spacial score (nSPS) is 10.5. The lowest BCUT2D eigenvalue weighted by atomic mass is 10.0. The molecule has 0 bridgehead atoms. The van der Waals surface area contributed by atoms with Crippen LogP contribution in [0.25, 0.3) is 0 Å². The number of rotatable bonds is 4. The van der Waals surface area contributed by atoms with E-state index in [2.05, 4.69) is 46.2 Å². The Bertz CT molecular complexity index is 553. The van der Waals surface area contributed by atoms with Crippen LogP contribution in [0.15, 0.2) is 24.3 Å². The molecule has 0 unspecified atom stereocenters. The molecule has 2 aromatic rings. The van der Waals surface area contributed by atoms with Gasteiger partial charge in [-0.1, -0.05) is 26.0 Å². The van der Waals surface area contributed by atoms with Crippen LogP contribution in [-0.4, -0.2) is 22.1 Å². The number of hydrogen-bond acceptors (Lipinski definition) is 6. The third kappa shape index (κ3) is 3.31. The van der Waals surface area contributed by atoms with Crippen LogP contribution in [0.3, 0.4) is 0 Å². The average molecular weight is 259 g/mol. The number of ether oxygens (including phenoxy) is 1. The molecule has 1 aromatic carbocycles. The predicted octanol–water partition coefficient (Wildman–Crippen LogP) is 2.33. The van der Waals surface area contributed by atoms with Gasteiger partial charge in [-0.05, 0) is 23.6 Å². The number of nitrogens with two attached hydrogens (primary N) is 1. The smallest absolute Gasteiger partial charge is 0.322 e.